The lowest BCUT2D eigenvalue weighted by Crippen LogP contribution is -2.21. The van der Waals surface area contributed by atoms with Crippen molar-refractivity contribution in [3.63, 3.8) is 0 Å². The van der Waals surface area contributed by atoms with Crippen LogP contribution in [0.25, 0.3) is 11.3 Å². The summed E-state index contributed by atoms with van der Waals surface area (Å²) in [7, 11) is 0. The molecule has 0 unspecified atom stereocenters. The summed E-state index contributed by atoms with van der Waals surface area (Å²) in [6.45, 7) is 1.58. The van der Waals surface area contributed by atoms with Gasteiger partial charge in [-0.3, -0.25) is 4.79 Å². The van der Waals surface area contributed by atoms with Gasteiger partial charge in [0.05, 0.1) is 17.8 Å². The molecule has 2 N–H and O–H groups in total. The summed E-state index contributed by atoms with van der Waals surface area (Å²) >= 11 is 1.40. The van der Waals surface area contributed by atoms with Gasteiger partial charge >= 0.3 is 0 Å². The zero-order valence-electron chi connectivity index (χ0n) is 13.9. The lowest BCUT2D eigenvalue weighted by Gasteiger charge is -2.05. The van der Waals surface area contributed by atoms with Crippen LogP contribution in [0.1, 0.15) is 17.5 Å². The van der Waals surface area contributed by atoms with Gasteiger partial charge in [-0.1, -0.05) is 30.3 Å². The Hall–Kier alpha value is -3.06. The highest BCUT2D eigenvalue weighted by Gasteiger charge is 2.10. The average molecular weight is 369 g/mol. The lowest BCUT2D eigenvalue weighted by atomic mass is 10.1. The van der Waals surface area contributed by atoms with Crippen LogP contribution < -0.4 is 5.43 Å². The molecular formula is C19H16FN3O2S. The van der Waals surface area contributed by atoms with Crippen LogP contribution in [-0.2, 0) is 11.2 Å². The standard InChI is InChI=1S/C19H16FN3O2S/c1-12(15-9-14(20)7-8-17(15)24)22-23-18(25)10-19-21-16(11-26-19)13-5-3-2-4-6-13/h2-9,11,24H,10H2,1H3,(H,23,25)/b22-12+. The van der Waals surface area contributed by atoms with E-state index in [0.717, 1.165) is 23.4 Å². The maximum absolute atomic E-state index is 13.3. The first-order chi connectivity index (χ1) is 12.5. The second-order valence-corrected chi connectivity index (χ2v) is 6.51. The molecule has 0 spiro atoms. The number of hydrazone groups is 1. The van der Waals surface area contributed by atoms with Gasteiger partial charge in [-0.05, 0) is 25.1 Å². The summed E-state index contributed by atoms with van der Waals surface area (Å²) in [5, 5.41) is 16.2. The Labute approximate surface area is 153 Å². The molecule has 0 radical (unpaired) electrons. The van der Waals surface area contributed by atoms with Crippen molar-refractivity contribution >= 4 is 23.0 Å². The van der Waals surface area contributed by atoms with Crippen LogP contribution >= 0.6 is 11.3 Å². The monoisotopic (exact) mass is 369 g/mol. The van der Waals surface area contributed by atoms with E-state index in [-0.39, 0.29) is 23.6 Å². The third-order valence-corrected chi connectivity index (χ3v) is 4.48. The number of thiazole rings is 1. The number of rotatable bonds is 5. The van der Waals surface area contributed by atoms with Crippen LogP contribution in [0.2, 0.25) is 0 Å². The Balaban J connectivity index is 1.64. The van der Waals surface area contributed by atoms with E-state index < -0.39 is 5.82 Å². The number of nitrogens with zero attached hydrogens (tertiary/aromatic N) is 2. The molecule has 0 saturated heterocycles. The minimum absolute atomic E-state index is 0.0867. The van der Waals surface area contributed by atoms with Crippen molar-refractivity contribution in [2.45, 2.75) is 13.3 Å². The zero-order chi connectivity index (χ0) is 18.5. The van der Waals surface area contributed by atoms with Crippen LogP contribution in [0.4, 0.5) is 4.39 Å². The molecule has 0 fully saturated rings. The van der Waals surface area contributed by atoms with Gasteiger partial charge in [-0.2, -0.15) is 5.10 Å². The van der Waals surface area contributed by atoms with Crippen molar-refractivity contribution in [3.8, 4) is 17.0 Å². The summed E-state index contributed by atoms with van der Waals surface area (Å²) in [5.74, 6) is -0.932. The van der Waals surface area contributed by atoms with E-state index in [0.29, 0.717) is 10.7 Å². The van der Waals surface area contributed by atoms with E-state index in [1.165, 1.54) is 17.4 Å². The van der Waals surface area contributed by atoms with Crippen LogP contribution in [0.5, 0.6) is 5.75 Å². The molecule has 2 aromatic carbocycles. The largest absolute Gasteiger partial charge is 0.507 e. The van der Waals surface area contributed by atoms with Crippen molar-refractivity contribution in [1.29, 1.82) is 0 Å². The van der Waals surface area contributed by atoms with Crippen molar-refractivity contribution in [3.05, 3.63) is 70.3 Å². The summed E-state index contributed by atoms with van der Waals surface area (Å²) in [4.78, 5) is 16.5. The Kier molecular flexibility index (Phi) is 5.38. The molecule has 0 saturated carbocycles. The number of aromatic nitrogens is 1. The summed E-state index contributed by atoms with van der Waals surface area (Å²) < 4.78 is 13.3. The molecule has 3 rings (SSSR count). The van der Waals surface area contributed by atoms with Crippen molar-refractivity contribution in [2.75, 3.05) is 0 Å². The SMILES string of the molecule is C/C(=N\NC(=O)Cc1nc(-c2ccccc2)cs1)c1cc(F)ccc1O. The Morgan fingerprint density at radius 1 is 1.27 bits per heavy atom. The van der Waals surface area contributed by atoms with Crippen molar-refractivity contribution in [1.82, 2.24) is 10.4 Å². The third kappa shape index (κ3) is 4.31. The highest BCUT2D eigenvalue weighted by molar-refractivity contribution is 7.10. The van der Waals surface area contributed by atoms with Crippen LogP contribution in [-0.4, -0.2) is 21.7 Å². The number of aromatic hydroxyl groups is 1. The number of phenols is 1. The lowest BCUT2D eigenvalue weighted by molar-refractivity contribution is -0.120. The number of halogens is 1. The highest BCUT2D eigenvalue weighted by atomic mass is 32.1. The first kappa shape index (κ1) is 17.8. The van der Waals surface area contributed by atoms with Gasteiger partial charge < -0.3 is 5.11 Å². The second kappa shape index (κ2) is 7.88. The normalized spacial score (nSPS) is 11.4. The second-order valence-electron chi connectivity index (χ2n) is 5.56. The predicted molar refractivity (Wildman–Crippen MR) is 99.7 cm³/mol. The molecule has 1 amide bonds. The van der Waals surface area contributed by atoms with E-state index in [4.69, 9.17) is 0 Å². The van der Waals surface area contributed by atoms with Gasteiger partial charge in [-0.15, -0.1) is 11.3 Å². The quantitative estimate of drug-likeness (QED) is 0.531. The van der Waals surface area contributed by atoms with E-state index in [1.807, 2.05) is 35.7 Å². The van der Waals surface area contributed by atoms with Gasteiger partial charge in [0.2, 0.25) is 5.91 Å². The van der Waals surface area contributed by atoms with Crippen molar-refractivity contribution < 1.29 is 14.3 Å². The first-order valence-corrected chi connectivity index (χ1v) is 8.73. The van der Waals surface area contributed by atoms with Gasteiger partial charge in [0, 0.05) is 16.5 Å². The fourth-order valence-corrected chi connectivity index (χ4v) is 3.12. The molecule has 0 aliphatic rings. The summed E-state index contributed by atoms with van der Waals surface area (Å²) in [5.41, 5.74) is 4.75. The number of amides is 1. The minimum atomic E-state index is -0.491. The fraction of sp³-hybridized carbons (Fsp3) is 0.105. The molecule has 0 atom stereocenters. The van der Waals surface area contributed by atoms with E-state index >= 15 is 0 Å². The molecule has 1 heterocycles. The number of hydrogen-bond acceptors (Lipinski definition) is 5. The number of benzene rings is 2. The predicted octanol–water partition coefficient (Wildman–Crippen LogP) is 3.74. The molecule has 0 aliphatic carbocycles. The number of carbonyl (C=O) groups is 1. The van der Waals surface area contributed by atoms with Crippen molar-refractivity contribution in [2.24, 2.45) is 5.10 Å². The number of nitrogens with one attached hydrogen (secondary N) is 1. The number of carbonyl (C=O) groups excluding carboxylic acids is 1. The average Bonchev–Trinajstić information content (AvgIpc) is 3.11. The number of hydrogen-bond donors (Lipinski definition) is 2. The maximum Gasteiger partial charge on any atom is 0.246 e. The summed E-state index contributed by atoms with van der Waals surface area (Å²) in [6.07, 6.45) is 0.0867. The molecule has 3 aromatic rings. The smallest absolute Gasteiger partial charge is 0.246 e. The fourth-order valence-electron chi connectivity index (χ4n) is 2.31. The molecule has 132 valence electrons. The van der Waals surface area contributed by atoms with Gasteiger partial charge in [0.25, 0.3) is 0 Å². The molecular weight excluding hydrogens is 353 g/mol. The molecule has 0 bridgehead atoms. The van der Waals surface area contributed by atoms with Gasteiger partial charge in [0.1, 0.15) is 16.6 Å². The Bertz CT molecular complexity index is 954. The third-order valence-electron chi connectivity index (χ3n) is 3.63. The summed E-state index contributed by atoms with van der Waals surface area (Å²) in [6, 6.07) is 13.3. The molecule has 26 heavy (non-hydrogen) atoms. The molecule has 5 nitrogen and oxygen atoms in total. The van der Waals surface area contributed by atoms with E-state index in [1.54, 1.807) is 6.92 Å². The van der Waals surface area contributed by atoms with Crippen LogP contribution in [0.3, 0.4) is 0 Å². The van der Waals surface area contributed by atoms with Crippen LogP contribution in [0, 0.1) is 5.82 Å². The van der Waals surface area contributed by atoms with E-state index in [2.05, 4.69) is 15.5 Å². The molecule has 1 aromatic heterocycles. The van der Waals surface area contributed by atoms with Gasteiger partial charge in [-0.25, -0.2) is 14.8 Å². The zero-order valence-corrected chi connectivity index (χ0v) is 14.8. The number of phenolic OH excluding ortho intramolecular Hbond substituents is 1. The first-order valence-electron chi connectivity index (χ1n) is 7.85. The molecule has 0 aliphatic heterocycles. The Morgan fingerprint density at radius 2 is 2.04 bits per heavy atom. The topological polar surface area (TPSA) is 74.6 Å². The van der Waals surface area contributed by atoms with Gasteiger partial charge in [0.15, 0.2) is 0 Å². The molecule has 7 heteroatoms. The Morgan fingerprint density at radius 3 is 2.81 bits per heavy atom. The van der Waals surface area contributed by atoms with Crippen LogP contribution in [0.15, 0.2) is 59.0 Å². The maximum atomic E-state index is 13.3. The minimum Gasteiger partial charge on any atom is -0.507 e. The highest BCUT2D eigenvalue weighted by Crippen LogP contribution is 2.22. The van der Waals surface area contributed by atoms with E-state index in [9.17, 15) is 14.3 Å².